The lowest BCUT2D eigenvalue weighted by Crippen LogP contribution is -2.41. The van der Waals surface area contributed by atoms with E-state index in [-0.39, 0.29) is 4.57 Å². The molecule has 5 atom stereocenters. The van der Waals surface area contributed by atoms with Gasteiger partial charge >= 0.3 is 19.5 Å². The number of H-pyrrole nitrogens is 1. The highest BCUT2D eigenvalue weighted by Crippen LogP contribution is 2.41. The molecule has 1 fully saturated rings. The lowest BCUT2D eigenvalue weighted by molar-refractivity contribution is -0.126. The second-order valence-corrected chi connectivity index (χ2v) is 6.11. The number of alkyl halides is 1. The molecular formula is C10H12FN2O11P. The van der Waals surface area contributed by atoms with Gasteiger partial charge in [-0.3, -0.25) is 14.3 Å². The Balaban J connectivity index is 2.43. The number of aromatic amines is 1. The number of aliphatic hydroxyl groups is 2. The molecule has 2 heterocycles. The Labute approximate surface area is 136 Å². The fraction of sp³-hybridized carbons (Fsp3) is 0.500. The van der Waals surface area contributed by atoms with Crippen molar-refractivity contribution in [3.8, 4) is 0 Å². The number of phosphoric ester groups is 1. The first-order valence-corrected chi connectivity index (χ1v) is 7.94. The molecule has 25 heavy (non-hydrogen) atoms. The molecule has 2 rings (SSSR count). The smallest absolute Gasteiger partial charge is 0.472 e. The summed E-state index contributed by atoms with van der Waals surface area (Å²) in [6.45, 7) is 0. The number of carbonyl (C=O) groups is 1. The molecule has 1 saturated heterocycles. The molecule has 1 aliphatic heterocycles. The number of rotatable bonds is 5. The van der Waals surface area contributed by atoms with Crippen molar-refractivity contribution in [1.29, 1.82) is 0 Å². The molecule has 15 heteroatoms. The first kappa shape index (κ1) is 19.4. The van der Waals surface area contributed by atoms with Crippen LogP contribution < -0.4 is 11.2 Å². The van der Waals surface area contributed by atoms with Gasteiger partial charge in [0.05, 0.1) is 0 Å². The SMILES string of the molecule is O=C(O)c1cc(=O)[nH]c(=O)n1[C@@H]1O[C@H](C(F)OP(=O)(O)O)[C@@H](O)[C@H]1O. The van der Waals surface area contributed by atoms with Gasteiger partial charge in [0.25, 0.3) is 5.56 Å². The van der Waals surface area contributed by atoms with Gasteiger partial charge in [0.2, 0.25) is 6.36 Å². The van der Waals surface area contributed by atoms with Crippen molar-refractivity contribution in [2.75, 3.05) is 0 Å². The lowest BCUT2D eigenvalue weighted by atomic mass is 10.1. The van der Waals surface area contributed by atoms with Crippen molar-refractivity contribution >= 4 is 13.8 Å². The van der Waals surface area contributed by atoms with E-state index in [4.69, 9.17) is 19.6 Å². The second-order valence-electron chi connectivity index (χ2n) is 4.92. The van der Waals surface area contributed by atoms with Crippen molar-refractivity contribution in [2.24, 2.45) is 0 Å². The number of nitrogens with one attached hydrogen (secondary N) is 1. The topological polar surface area (TPSA) is 209 Å². The van der Waals surface area contributed by atoms with E-state index in [2.05, 4.69) is 4.52 Å². The van der Waals surface area contributed by atoms with Gasteiger partial charge in [-0.15, -0.1) is 0 Å². The largest absolute Gasteiger partial charge is 0.477 e. The molecule has 1 aliphatic rings. The number of hydrogen-bond donors (Lipinski definition) is 6. The van der Waals surface area contributed by atoms with Crippen LogP contribution in [0.25, 0.3) is 0 Å². The minimum absolute atomic E-state index is 0.238. The molecule has 0 aliphatic carbocycles. The van der Waals surface area contributed by atoms with Crippen LogP contribution in [0.4, 0.5) is 4.39 Å². The van der Waals surface area contributed by atoms with Crippen LogP contribution in [0.3, 0.4) is 0 Å². The zero-order valence-corrected chi connectivity index (χ0v) is 12.8. The first-order valence-electron chi connectivity index (χ1n) is 6.41. The number of halogens is 1. The van der Waals surface area contributed by atoms with Crippen LogP contribution in [-0.2, 0) is 13.8 Å². The average Bonchev–Trinajstić information content (AvgIpc) is 2.73. The molecule has 0 bridgehead atoms. The van der Waals surface area contributed by atoms with Crippen LogP contribution in [0.15, 0.2) is 15.7 Å². The van der Waals surface area contributed by atoms with E-state index < -0.39 is 61.6 Å². The van der Waals surface area contributed by atoms with Gasteiger partial charge in [0, 0.05) is 6.07 Å². The maximum absolute atomic E-state index is 13.8. The first-order chi connectivity index (χ1) is 11.4. The molecule has 0 saturated carbocycles. The Morgan fingerprint density at radius 1 is 1.36 bits per heavy atom. The van der Waals surface area contributed by atoms with Gasteiger partial charge in [0.15, 0.2) is 6.23 Å². The van der Waals surface area contributed by atoms with E-state index in [1.807, 2.05) is 0 Å². The zero-order chi connectivity index (χ0) is 19.1. The maximum atomic E-state index is 13.8. The number of phosphoric acid groups is 1. The molecule has 13 nitrogen and oxygen atoms in total. The van der Waals surface area contributed by atoms with Crippen molar-refractivity contribution in [1.82, 2.24) is 9.55 Å². The van der Waals surface area contributed by atoms with Crippen LogP contribution in [-0.4, -0.2) is 65.3 Å². The zero-order valence-electron chi connectivity index (χ0n) is 11.9. The Kier molecular flexibility index (Phi) is 5.24. The van der Waals surface area contributed by atoms with Gasteiger partial charge in [-0.05, 0) is 0 Å². The standard InChI is InChI=1S/C10H12FN2O11P/c11-7(24-25(20,21)22)6-4(15)5(16)8(23-6)13-2(9(17)18)1-3(14)12-10(13)19/h1,4-8,15-16H,(H,17,18)(H,12,14,19)(H2,20,21,22)/t4-,5+,6-,7?,8+/m0/s1. The quantitative estimate of drug-likeness (QED) is 0.286. The second kappa shape index (κ2) is 6.76. The van der Waals surface area contributed by atoms with Gasteiger partial charge in [-0.25, -0.2) is 23.1 Å². The van der Waals surface area contributed by atoms with E-state index >= 15 is 0 Å². The average molecular weight is 386 g/mol. The minimum atomic E-state index is -5.31. The van der Waals surface area contributed by atoms with Crippen LogP contribution in [0.1, 0.15) is 16.7 Å². The minimum Gasteiger partial charge on any atom is -0.477 e. The normalized spacial score (nSPS) is 28.0. The number of nitrogens with zero attached hydrogens (tertiary/aromatic N) is 1. The number of ether oxygens (including phenoxy) is 1. The highest BCUT2D eigenvalue weighted by Gasteiger charge is 2.50. The molecule has 140 valence electrons. The van der Waals surface area contributed by atoms with Crippen LogP contribution >= 0.6 is 7.82 Å². The monoisotopic (exact) mass is 386 g/mol. The maximum Gasteiger partial charge on any atom is 0.472 e. The molecular weight excluding hydrogens is 374 g/mol. The summed E-state index contributed by atoms with van der Waals surface area (Å²) in [7, 11) is -5.31. The van der Waals surface area contributed by atoms with E-state index in [1.54, 1.807) is 4.98 Å². The molecule has 1 aromatic heterocycles. The van der Waals surface area contributed by atoms with Crippen molar-refractivity contribution < 1.29 is 48.1 Å². The third kappa shape index (κ3) is 4.01. The molecule has 1 aromatic rings. The highest BCUT2D eigenvalue weighted by atomic mass is 31.2. The number of carboxylic acids is 1. The summed E-state index contributed by atoms with van der Waals surface area (Å²) in [5.41, 5.74) is -3.35. The van der Waals surface area contributed by atoms with Crippen molar-refractivity contribution in [3.05, 3.63) is 32.6 Å². The predicted molar refractivity (Wildman–Crippen MR) is 72.2 cm³/mol. The van der Waals surface area contributed by atoms with E-state index in [9.17, 15) is 33.6 Å². The van der Waals surface area contributed by atoms with Crippen molar-refractivity contribution in [2.45, 2.75) is 30.9 Å². The summed E-state index contributed by atoms with van der Waals surface area (Å²) in [6.07, 6.45) is -11.3. The van der Waals surface area contributed by atoms with Gasteiger partial charge in [-0.2, -0.15) is 0 Å². The van der Waals surface area contributed by atoms with Crippen molar-refractivity contribution in [3.63, 3.8) is 0 Å². The molecule has 6 N–H and O–H groups in total. The van der Waals surface area contributed by atoms with Gasteiger partial charge in [0.1, 0.15) is 24.0 Å². The Hall–Kier alpha value is -1.93. The highest BCUT2D eigenvalue weighted by molar-refractivity contribution is 7.46. The fourth-order valence-corrected chi connectivity index (χ4v) is 2.61. The summed E-state index contributed by atoms with van der Waals surface area (Å²) in [5.74, 6) is -1.76. The molecule has 0 aromatic carbocycles. The molecule has 0 amide bonds. The van der Waals surface area contributed by atoms with Crippen LogP contribution in [0.2, 0.25) is 0 Å². The Bertz CT molecular complexity index is 831. The van der Waals surface area contributed by atoms with Gasteiger partial charge in [-0.1, -0.05) is 0 Å². The van der Waals surface area contributed by atoms with E-state index in [0.29, 0.717) is 6.07 Å². The lowest BCUT2D eigenvalue weighted by Gasteiger charge is -2.20. The summed E-state index contributed by atoms with van der Waals surface area (Å²) >= 11 is 0. The van der Waals surface area contributed by atoms with Crippen LogP contribution in [0, 0.1) is 0 Å². The number of aromatic nitrogens is 2. The van der Waals surface area contributed by atoms with Crippen LogP contribution in [0.5, 0.6) is 0 Å². The Morgan fingerprint density at radius 2 is 1.96 bits per heavy atom. The number of aromatic carboxylic acids is 1. The summed E-state index contributed by atoms with van der Waals surface area (Å²) in [6, 6.07) is 0.485. The third-order valence-electron chi connectivity index (χ3n) is 3.22. The third-order valence-corrected chi connectivity index (χ3v) is 3.70. The summed E-state index contributed by atoms with van der Waals surface area (Å²) in [4.78, 5) is 53.0. The molecule has 0 spiro atoms. The number of hydrogen-bond acceptors (Lipinski definition) is 8. The number of carboxylic acid groups (broad SMARTS) is 1. The van der Waals surface area contributed by atoms with E-state index in [0.717, 1.165) is 0 Å². The van der Waals surface area contributed by atoms with Gasteiger partial charge < -0.3 is 29.8 Å². The van der Waals surface area contributed by atoms with E-state index in [1.165, 1.54) is 0 Å². The molecule has 0 radical (unpaired) electrons. The summed E-state index contributed by atoms with van der Waals surface area (Å²) in [5, 5.41) is 28.7. The molecule has 1 unspecified atom stereocenters. The Morgan fingerprint density at radius 3 is 2.48 bits per heavy atom. The fourth-order valence-electron chi connectivity index (χ4n) is 2.23. The number of aliphatic hydroxyl groups excluding tert-OH is 2. The predicted octanol–water partition coefficient (Wildman–Crippen LogP) is -2.74. The summed E-state index contributed by atoms with van der Waals surface area (Å²) < 4.78 is 33.2.